The number of rotatable bonds is 8. The van der Waals surface area contributed by atoms with Crippen molar-refractivity contribution in [2.45, 2.75) is 13.3 Å². The Morgan fingerprint density at radius 2 is 1.85 bits per heavy atom. The fraction of sp³-hybridized carbons (Fsp3) is 0.353. The first kappa shape index (κ1) is 19.5. The lowest BCUT2D eigenvalue weighted by atomic mass is 10.1. The fourth-order valence-corrected chi connectivity index (χ4v) is 2.96. The van der Waals surface area contributed by atoms with Crippen molar-refractivity contribution in [3.8, 4) is 17.2 Å². The average molecular weight is 380 g/mol. The van der Waals surface area contributed by atoms with E-state index in [9.17, 15) is 9.59 Å². The van der Waals surface area contributed by atoms with Crippen molar-refractivity contribution in [3.63, 3.8) is 0 Å². The first-order valence-electron chi connectivity index (χ1n) is 7.74. The third-order valence-electron chi connectivity index (χ3n) is 3.35. The lowest BCUT2D eigenvalue weighted by Crippen LogP contribution is -2.14. The number of hydrogen-bond acceptors (Lipinski definition) is 8. The number of carbonyl (C=O) groups is 2. The van der Waals surface area contributed by atoms with Crippen LogP contribution < -0.4 is 19.5 Å². The molecule has 0 bridgehead atoms. The lowest BCUT2D eigenvalue weighted by Gasteiger charge is -2.15. The molecule has 0 radical (unpaired) electrons. The summed E-state index contributed by atoms with van der Waals surface area (Å²) in [6, 6.07) is 3.19. The van der Waals surface area contributed by atoms with Gasteiger partial charge in [-0.15, -0.1) is 11.3 Å². The summed E-state index contributed by atoms with van der Waals surface area (Å²) in [6.07, 6.45) is 0.0554. The van der Waals surface area contributed by atoms with E-state index in [0.717, 1.165) is 0 Å². The Hall–Kier alpha value is -2.81. The van der Waals surface area contributed by atoms with Gasteiger partial charge in [0.2, 0.25) is 5.75 Å². The zero-order chi connectivity index (χ0) is 19.1. The van der Waals surface area contributed by atoms with Crippen LogP contribution >= 0.6 is 11.3 Å². The minimum absolute atomic E-state index is 0.0554. The number of nitrogens with one attached hydrogen (secondary N) is 1. The van der Waals surface area contributed by atoms with Crippen molar-refractivity contribution in [1.29, 1.82) is 0 Å². The summed E-state index contributed by atoms with van der Waals surface area (Å²) in [5.41, 5.74) is 0.801. The molecule has 0 atom stereocenters. The summed E-state index contributed by atoms with van der Waals surface area (Å²) in [5.74, 6) is 0.251. The highest BCUT2D eigenvalue weighted by Gasteiger charge is 2.21. The van der Waals surface area contributed by atoms with Gasteiger partial charge in [-0.25, -0.2) is 4.98 Å². The van der Waals surface area contributed by atoms with E-state index in [1.54, 1.807) is 24.4 Å². The maximum Gasteiger partial charge on any atom is 0.311 e. The normalized spacial score (nSPS) is 10.2. The molecule has 0 unspecified atom stereocenters. The van der Waals surface area contributed by atoms with Crippen molar-refractivity contribution in [3.05, 3.63) is 28.8 Å². The number of anilines is 1. The van der Waals surface area contributed by atoms with Crippen LogP contribution in [-0.4, -0.2) is 44.8 Å². The molecule has 2 rings (SSSR count). The fourth-order valence-electron chi connectivity index (χ4n) is 2.25. The third kappa shape index (κ3) is 4.42. The largest absolute Gasteiger partial charge is 0.493 e. The summed E-state index contributed by atoms with van der Waals surface area (Å²) in [4.78, 5) is 28.3. The Kier molecular flexibility index (Phi) is 6.79. The minimum Gasteiger partial charge on any atom is -0.493 e. The van der Waals surface area contributed by atoms with E-state index in [1.165, 1.54) is 32.7 Å². The Balaban J connectivity index is 2.18. The molecule has 0 saturated carbocycles. The van der Waals surface area contributed by atoms with Crippen molar-refractivity contribution in [1.82, 2.24) is 4.98 Å². The zero-order valence-corrected chi connectivity index (χ0v) is 15.8. The quantitative estimate of drug-likeness (QED) is 0.703. The van der Waals surface area contributed by atoms with E-state index >= 15 is 0 Å². The van der Waals surface area contributed by atoms with Gasteiger partial charge in [-0.3, -0.25) is 14.9 Å². The second-order valence-electron chi connectivity index (χ2n) is 4.96. The number of esters is 1. The van der Waals surface area contributed by atoms with Gasteiger partial charge in [0, 0.05) is 5.38 Å². The number of amides is 1. The Labute approximate surface area is 155 Å². The van der Waals surface area contributed by atoms with Gasteiger partial charge in [-0.1, -0.05) is 0 Å². The van der Waals surface area contributed by atoms with Crippen LogP contribution in [-0.2, 0) is 16.0 Å². The molecule has 1 N–H and O–H groups in total. The molecule has 0 aliphatic rings. The highest BCUT2D eigenvalue weighted by molar-refractivity contribution is 7.14. The molecule has 26 heavy (non-hydrogen) atoms. The molecule has 1 aromatic carbocycles. The van der Waals surface area contributed by atoms with Crippen LogP contribution in [0.3, 0.4) is 0 Å². The van der Waals surface area contributed by atoms with Gasteiger partial charge < -0.3 is 18.9 Å². The molecule has 140 valence electrons. The maximum absolute atomic E-state index is 12.6. The summed E-state index contributed by atoms with van der Waals surface area (Å²) >= 11 is 1.22. The number of nitrogens with zero attached hydrogens (tertiary/aromatic N) is 1. The first-order chi connectivity index (χ1) is 12.5. The zero-order valence-electron chi connectivity index (χ0n) is 15.0. The number of methoxy groups -OCH3 is 3. The molecule has 0 spiro atoms. The summed E-state index contributed by atoms with van der Waals surface area (Å²) in [7, 11) is 4.40. The van der Waals surface area contributed by atoms with Crippen LogP contribution in [0.2, 0.25) is 0 Å². The Morgan fingerprint density at radius 3 is 2.46 bits per heavy atom. The molecule has 1 heterocycles. The topological polar surface area (TPSA) is 96.0 Å². The summed E-state index contributed by atoms with van der Waals surface area (Å²) in [6.45, 7) is 2.05. The van der Waals surface area contributed by atoms with Crippen molar-refractivity contribution in [2.24, 2.45) is 0 Å². The van der Waals surface area contributed by atoms with E-state index in [1.807, 2.05) is 0 Å². The van der Waals surface area contributed by atoms with Crippen molar-refractivity contribution < 1.29 is 28.5 Å². The Bertz CT molecular complexity index is 790. The maximum atomic E-state index is 12.6. The molecular weight excluding hydrogens is 360 g/mol. The van der Waals surface area contributed by atoms with Crippen molar-refractivity contribution >= 4 is 28.3 Å². The van der Waals surface area contributed by atoms with E-state index in [0.29, 0.717) is 28.9 Å². The molecule has 9 heteroatoms. The van der Waals surface area contributed by atoms with Crippen LogP contribution in [0.1, 0.15) is 23.0 Å². The number of aromatic nitrogens is 1. The third-order valence-corrected chi connectivity index (χ3v) is 4.16. The molecule has 0 aliphatic heterocycles. The van der Waals surface area contributed by atoms with E-state index < -0.39 is 5.91 Å². The van der Waals surface area contributed by atoms with Gasteiger partial charge in [-0.2, -0.15) is 0 Å². The SMILES string of the molecule is CCOC(=O)Cc1csc(NC(=O)c2ccc(OC)c(OC)c2OC)n1. The average Bonchev–Trinajstić information content (AvgIpc) is 3.06. The molecule has 0 aliphatic carbocycles. The van der Waals surface area contributed by atoms with Crippen LogP contribution in [0.15, 0.2) is 17.5 Å². The molecule has 0 saturated heterocycles. The van der Waals surface area contributed by atoms with E-state index in [4.69, 9.17) is 18.9 Å². The lowest BCUT2D eigenvalue weighted by molar-refractivity contribution is -0.142. The first-order valence-corrected chi connectivity index (χ1v) is 8.62. The highest BCUT2D eigenvalue weighted by Crippen LogP contribution is 2.40. The molecule has 2 aromatic rings. The minimum atomic E-state index is -0.417. The van der Waals surface area contributed by atoms with Crippen LogP contribution in [0.4, 0.5) is 5.13 Å². The van der Waals surface area contributed by atoms with Gasteiger partial charge in [0.05, 0.1) is 45.6 Å². The van der Waals surface area contributed by atoms with E-state index in [-0.39, 0.29) is 23.7 Å². The van der Waals surface area contributed by atoms with Gasteiger partial charge in [0.25, 0.3) is 5.91 Å². The van der Waals surface area contributed by atoms with Gasteiger partial charge in [0.15, 0.2) is 16.6 Å². The summed E-state index contributed by atoms with van der Waals surface area (Å²) < 4.78 is 20.7. The summed E-state index contributed by atoms with van der Waals surface area (Å²) in [5, 5.41) is 4.75. The molecular formula is C17H20N2O6S. The Morgan fingerprint density at radius 1 is 1.12 bits per heavy atom. The van der Waals surface area contributed by atoms with Gasteiger partial charge in [0.1, 0.15) is 0 Å². The molecule has 1 amide bonds. The van der Waals surface area contributed by atoms with Crippen molar-refractivity contribution in [2.75, 3.05) is 33.3 Å². The number of carbonyl (C=O) groups excluding carboxylic acids is 2. The molecule has 8 nitrogen and oxygen atoms in total. The molecule has 0 fully saturated rings. The van der Waals surface area contributed by atoms with Crippen LogP contribution in [0.25, 0.3) is 0 Å². The van der Waals surface area contributed by atoms with Gasteiger partial charge >= 0.3 is 5.97 Å². The molecule has 1 aromatic heterocycles. The number of benzene rings is 1. The number of thiazole rings is 1. The van der Waals surface area contributed by atoms with Gasteiger partial charge in [-0.05, 0) is 19.1 Å². The van der Waals surface area contributed by atoms with E-state index in [2.05, 4.69) is 10.3 Å². The highest BCUT2D eigenvalue weighted by atomic mass is 32.1. The standard InChI is InChI=1S/C17H20N2O6S/c1-5-25-13(20)8-10-9-26-17(18-10)19-16(21)11-6-7-12(22-2)15(24-4)14(11)23-3/h6-7,9H,5,8H2,1-4H3,(H,18,19,21). The second-order valence-corrected chi connectivity index (χ2v) is 5.82. The second kappa shape index (κ2) is 9.04. The monoisotopic (exact) mass is 380 g/mol. The smallest absolute Gasteiger partial charge is 0.311 e. The van der Waals surface area contributed by atoms with Crippen LogP contribution in [0.5, 0.6) is 17.2 Å². The number of ether oxygens (including phenoxy) is 4. The predicted molar refractivity (Wildman–Crippen MR) is 96.5 cm³/mol. The van der Waals surface area contributed by atoms with Crippen LogP contribution in [0, 0.1) is 0 Å². The number of hydrogen-bond donors (Lipinski definition) is 1. The predicted octanol–water partition coefficient (Wildman–Crippen LogP) is 2.53.